The lowest BCUT2D eigenvalue weighted by Gasteiger charge is -2.35. The van der Waals surface area contributed by atoms with Gasteiger partial charge in [-0.3, -0.25) is 9.58 Å². The van der Waals surface area contributed by atoms with Crippen LogP contribution < -0.4 is 0 Å². The van der Waals surface area contributed by atoms with E-state index in [1.807, 2.05) is 18.7 Å². The molecule has 4 heteroatoms. The number of aromatic nitrogens is 2. The highest BCUT2D eigenvalue weighted by Crippen LogP contribution is 2.26. The van der Waals surface area contributed by atoms with E-state index < -0.39 is 0 Å². The van der Waals surface area contributed by atoms with E-state index in [4.69, 9.17) is 0 Å². The van der Waals surface area contributed by atoms with Crippen LogP contribution >= 0.6 is 15.9 Å². The highest BCUT2D eigenvalue weighted by atomic mass is 79.9. The van der Waals surface area contributed by atoms with Gasteiger partial charge < -0.3 is 0 Å². The summed E-state index contributed by atoms with van der Waals surface area (Å²) in [6, 6.07) is 0.518. The molecule has 0 fully saturated rings. The summed E-state index contributed by atoms with van der Waals surface area (Å²) in [4.78, 5) is 2.38. The normalized spacial score (nSPS) is 14.4. The molecule has 1 aromatic heterocycles. The van der Waals surface area contributed by atoms with Gasteiger partial charge in [-0.1, -0.05) is 20.8 Å². The Kier molecular flexibility index (Phi) is 4.42. The highest BCUT2D eigenvalue weighted by Gasteiger charge is 2.25. The summed E-state index contributed by atoms with van der Waals surface area (Å²) in [5.74, 6) is 0. The van der Waals surface area contributed by atoms with E-state index in [9.17, 15) is 0 Å². The lowest BCUT2D eigenvalue weighted by atomic mass is 9.87. The second-order valence-corrected chi connectivity index (χ2v) is 6.72. The van der Waals surface area contributed by atoms with Crippen molar-refractivity contribution >= 4 is 15.9 Å². The van der Waals surface area contributed by atoms with Crippen LogP contribution in [0.15, 0.2) is 4.47 Å². The van der Waals surface area contributed by atoms with Crippen molar-refractivity contribution < 1.29 is 0 Å². The monoisotopic (exact) mass is 301 g/mol. The van der Waals surface area contributed by atoms with Crippen LogP contribution in [0.5, 0.6) is 0 Å². The smallest absolute Gasteiger partial charge is 0.0739 e. The summed E-state index contributed by atoms with van der Waals surface area (Å²) in [6.45, 7) is 12.0. The Morgan fingerprint density at radius 1 is 1.41 bits per heavy atom. The zero-order valence-corrected chi connectivity index (χ0v) is 13.6. The molecule has 0 saturated heterocycles. The van der Waals surface area contributed by atoms with Gasteiger partial charge in [-0.2, -0.15) is 5.10 Å². The first-order valence-electron chi connectivity index (χ1n) is 6.02. The molecular formula is C13H24BrN3. The lowest BCUT2D eigenvalue weighted by Crippen LogP contribution is -2.39. The van der Waals surface area contributed by atoms with Crippen molar-refractivity contribution in [3.05, 3.63) is 15.9 Å². The Balaban J connectivity index is 2.85. The van der Waals surface area contributed by atoms with Crippen molar-refractivity contribution in [3.63, 3.8) is 0 Å². The lowest BCUT2D eigenvalue weighted by molar-refractivity contribution is 0.132. The Bertz CT molecular complexity index is 390. The third-order valence-corrected chi connectivity index (χ3v) is 4.61. The van der Waals surface area contributed by atoms with Crippen LogP contribution in [-0.2, 0) is 13.6 Å². The van der Waals surface area contributed by atoms with Gasteiger partial charge in [0, 0.05) is 19.6 Å². The standard InChI is InChI=1S/C13H24BrN3/c1-9-12(14)11(17(7)15-9)8-16(6)10(2)13(3,4)5/h10H,8H2,1-7H3. The van der Waals surface area contributed by atoms with E-state index in [2.05, 4.69) is 60.7 Å². The molecule has 1 atom stereocenters. The molecule has 0 aliphatic heterocycles. The third-order valence-electron chi connectivity index (χ3n) is 3.58. The zero-order valence-electron chi connectivity index (χ0n) is 12.0. The minimum absolute atomic E-state index is 0.287. The van der Waals surface area contributed by atoms with E-state index in [1.165, 1.54) is 5.69 Å². The molecule has 3 nitrogen and oxygen atoms in total. The maximum Gasteiger partial charge on any atom is 0.0739 e. The summed E-state index contributed by atoms with van der Waals surface area (Å²) >= 11 is 3.62. The van der Waals surface area contributed by atoms with E-state index in [-0.39, 0.29) is 5.41 Å². The van der Waals surface area contributed by atoms with Gasteiger partial charge in [0.2, 0.25) is 0 Å². The number of nitrogens with zero attached hydrogens (tertiary/aromatic N) is 3. The van der Waals surface area contributed by atoms with Crippen LogP contribution in [0.4, 0.5) is 0 Å². The number of halogens is 1. The van der Waals surface area contributed by atoms with E-state index in [0.29, 0.717) is 6.04 Å². The number of aryl methyl sites for hydroxylation is 2. The van der Waals surface area contributed by atoms with E-state index >= 15 is 0 Å². The van der Waals surface area contributed by atoms with Gasteiger partial charge in [0.1, 0.15) is 0 Å². The maximum absolute atomic E-state index is 4.43. The molecule has 0 aromatic carbocycles. The van der Waals surface area contributed by atoms with Gasteiger partial charge in [-0.05, 0) is 42.2 Å². The molecule has 0 N–H and O–H groups in total. The molecular weight excluding hydrogens is 278 g/mol. The van der Waals surface area contributed by atoms with Crippen molar-refractivity contribution in [1.82, 2.24) is 14.7 Å². The average molecular weight is 302 g/mol. The van der Waals surface area contributed by atoms with Gasteiger partial charge in [0.05, 0.1) is 15.9 Å². The number of rotatable bonds is 3. The van der Waals surface area contributed by atoms with Crippen LogP contribution in [0.25, 0.3) is 0 Å². The van der Waals surface area contributed by atoms with Crippen molar-refractivity contribution in [2.75, 3.05) is 7.05 Å². The second-order valence-electron chi connectivity index (χ2n) is 5.93. The molecule has 98 valence electrons. The van der Waals surface area contributed by atoms with Crippen molar-refractivity contribution in [2.24, 2.45) is 12.5 Å². The first-order chi connectivity index (χ1) is 7.64. The number of hydrogen-bond donors (Lipinski definition) is 0. The average Bonchev–Trinajstić information content (AvgIpc) is 2.42. The molecule has 0 radical (unpaired) electrons. The number of hydrogen-bond acceptors (Lipinski definition) is 2. The minimum atomic E-state index is 0.287. The molecule has 0 saturated carbocycles. The van der Waals surface area contributed by atoms with Gasteiger partial charge in [-0.15, -0.1) is 0 Å². The topological polar surface area (TPSA) is 21.1 Å². The fourth-order valence-electron chi connectivity index (χ4n) is 1.89. The van der Waals surface area contributed by atoms with Crippen LogP contribution in [0.1, 0.15) is 39.1 Å². The first-order valence-corrected chi connectivity index (χ1v) is 6.82. The molecule has 0 aliphatic rings. The summed E-state index contributed by atoms with van der Waals surface area (Å²) in [6.07, 6.45) is 0. The summed E-state index contributed by atoms with van der Waals surface area (Å²) in [5.41, 5.74) is 2.58. The molecule has 0 spiro atoms. The Morgan fingerprint density at radius 3 is 2.29 bits per heavy atom. The Hall–Kier alpha value is -0.350. The minimum Gasteiger partial charge on any atom is -0.297 e. The van der Waals surface area contributed by atoms with Crippen LogP contribution in [0.2, 0.25) is 0 Å². The summed E-state index contributed by atoms with van der Waals surface area (Å²) in [5, 5.41) is 4.43. The molecule has 1 rings (SSSR count). The SMILES string of the molecule is Cc1nn(C)c(CN(C)C(C)C(C)(C)C)c1Br. The van der Waals surface area contributed by atoms with Gasteiger partial charge >= 0.3 is 0 Å². The van der Waals surface area contributed by atoms with Gasteiger partial charge in [0.25, 0.3) is 0 Å². The van der Waals surface area contributed by atoms with E-state index in [0.717, 1.165) is 16.7 Å². The maximum atomic E-state index is 4.43. The zero-order chi connectivity index (χ0) is 13.4. The first kappa shape index (κ1) is 14.7. The highest BCUT2D eigenvalue weighted by molar-refractivity contribution is 9.10. The van der Waals surface area contributed by atoms with Crippen LogP contribution in [-0.4, -0.2) is 27.8 Å². The van der Waals surface area contributed by atoms with Crippen molar-refractivity contribution in [2.45, 2.75) is 47.2 Å². The molecule has 17 heavy (non-hydrogen) atoms. The molecule has 1 unspecified atom stereocenters. The fraction of sp³-hybridized carbons (Fsp3) is 0.769. The molecule has 0 aliphatic carbocycles. The molecule has 0 bridgehead atoms. The van der Waals surface area contributed by atoms with Crippen molar-refractivity contribution in [1.29, 1.82) is 0 Å². The van der Waals surface area contributed by atoms with Crippen LogP contribution in [0, 0.1) is 12.3 Å². The fourth-order valence-corrected chi connectivity index (χ4v) is 2.35. The molecule has 1 heterocycles. The largest absolute Gasteiger partial charge is 0.297 e. The van der Waals surface area contributed by atoms with Gasteiger partial charge in [0.15, 0.2) is 0 Å². The third kappa shape index (κ3) is 3.32. The van der Waals surface area contributed by atoms with E-state index in [1.54, 1.807) is 0 Å². The second kappa shape index (κ2) is 5.11. The van der Waals surface area contributed by atoms with Crippen molar-refractivity contribution in [3.8, 4) is 0 Å². The van der Waals surface area contributed by atoms with Gasteiger partial charge in [-0.25, -0.2) is 0 Å². The Labute approximate surface area is 113 Å². The molecule has 1 aromatic rings. The quantitative estimate of drug-likeness (QED) is 0.853. The van der Waals surface area contributed by atoms with Crippen LogP contribution in [0.3, 0.4) is 0 Å². The summed E-state index contributed by atoms with van der Waals surface area (Å²) < 4.78 is 3.10. The summed E-state index contributed by atoms with van der Waals surface area (Å²) in [7, 11) is 4.17. The Morgan fingerprint density at radius 2 is 1.94 bits per heavy atom. The predicted octanol–water partition coefficient (Wildman–Crippen LogP) is 3.36. The predicted molar refractivity (Wildman–Crippen MR) is 76.0 cm³/mol. The molecule has 0 amide bonds.